The van der Waals surface area contributed by atoms with Crippen molar-refractivity contribution >= 4 is 11.7 Å². The van der Waals surface area contributed by atoms with Crippen LogP contribution < -0.4 is 0 Å². The molecule has 0 radical (unpaired) electrons. The van der Waals surface area contributed by atoms with Crippen LogP contribution in [0.25, 0.3) is 0 Å². The van der Waals surface area contributed by atoms with Crippen molar-refractivity contribution in [3.63, 3.8) is 0 Å². The molecule has 0 bridgehead atoms. The van der Waals surface area contributed by atoms with Crippen LogP contribution in [0.1, 0.15) is 55.1 Å². The first kappa shape index (κ1) is 12.8. The van der Waals surface area contributed by atoms with Crippen LogP contribution in [0, 0.1) is 0 Å². The van der Waals surface area contributed by atoms with Crippen LogP contribution in [0.5, 0.6) is 0 Å². The van der Waals surface area contributed by atoms with E-state index in [2.05, 4.69) is 6.92 Å². The zero-order chi connectivity index (χ0) is 13.1. The van der Waals surface area contributed by atoms with E-state index in [1.807, 2.05) is 29.2 Å². The van der Waals surface area contributed by atoms with Gasteiger partial charge >= 0.3 is 0 Å². The summed E-state index contributed by atoms with van der Waals surface area (Å²) in [6.45, 7) is 4.43. The molecular weight excluding hydrogens is 226 g/mol. The summed E-state index contributed by atoms with van der Waals surface area (Å²) in [7, 11) is 0. The van der Waals surface area contributed by atoms with E-state index in [4.69, 9.17) is 0 Å². The Morgan fingerprint density at radius 2 is 2.06 bits per heavy atom. The minimum Gasteiger partial charge on any atom is -0.331 e. The standard InChI is InChI=1S/C15H19NO2/c1-3-4-9-16-14(10-11(2)17)12-7-5-6-8-13(12)15(16)18/h5-8,14H,3-4,9-10H2,1-2H3. The smallest absolute Gasteiger partial charge is 0.254 e. The quantitative estimate of drug-likeness (QED) is 0.799. The monoisotopic (exact) mass is 245 g/mol. The molecule has 1 amide bonds. The first-order chi connectivity index (χ1) is 8.65. The van der Waals surface area contributed by atoms with Gasteiger partial charge in [-0.2, -0.15) is 0 Å². The molecule has 3 heteroatoms. The fraction of sp³-hybridized carbons (Fsp3) is 0.467. The number of benzene rings is 1. The number of unbranched alkanes of at least 4 members (excludes halogenated alkanes) is 1. The van der Waals surface area contributed by atoms with Gasteiger partial charge in [0.05, 0.1) is 6.04 Å². The lowest BCUT2D eigenvalue weighted by molar-refractivity contribution is -0.118. The van der Waals surface area contributed by atoms with Gasteiger partial charge in [-0.25, -0.2) is 0 Å². The topological polar surface area (TPSA) is 37.4 Å². The summed E-state index contributed by atoms with van der Waals surface area (Å²) in [6, 6.07) is 7.58. The number of carbonyl (C=O) groups is 2. The highest BCUT2D eigenvalue weighted by Crippen LogP contribution is 2.35. The molecule has 3 nitrogen and oxygen atoms in total. The molecular formula is C15H19NO2. The Morgan fingerprint density at radius 3 is 2.72 bits per heavy atom. The second kappa shape index (κ2) is 5.34. The number of carbonyl (C=O) groups excluding carboxylic acids is 2. The molecule has 0 saturated heterocycles. The molecule has 96 valence electrons. The van der Waals surface area contributed by atoms with Gasteiger partial charge in [0.1, 0.15) is 5.78 Å². The summed E-state index contributed by atoms with van der Waals surface area (Å²) < 4.78 is 0. The summed E-state index contributed by atoms with van der Waals surface area (Å²) in [4.78, 5) is 25.6. The highest BCUT2D eigenvalue weighted by Gasteiger charge is 2.36. The molecule has 1 aliphatic heterocycles. The van der Waals surface area contributed by atoms with Crippen molar-refractivity contribution in [2.75, 3.05) is 6.54 Å². The lowest BCUT2D eigenvalue weighted by atomic mass is 10.0. The van der Waals surface area contributed by atoms with Gasteiger partial charge in [0.15, 0.2) is 0 Å². The number of ketones is 1. The number of hydrogen-bond donors (Lipinski definition) is 0. The minimum atomic E-state index is -0.0576. The summed E-state index contributed by atoms with van der Waals surface area (Å²) in [5.41, 5.74) is 1.77. The molecule has 1 atom stereocenters. The molecule has 0 fully saturated rings. The van der Waals surface area contributed by atoms with Crippen LogP contribution in [0.4, 0.5) is 0 Å². The summed E-state index contributed by atoms with van der Waals surface area (Å²) in [5, 5.41) is 0. The van der Waals surface area contributed by atoms with Gasteiger partial charge in [-0.1, -0.05) is 31.5 Å². The van der Waals surface area contributed by atoms with Crippen LogP contribution in [-0.4, -0.2) is 23.1 Å². The van der Waals surface area contributed by atoms with Crippen LogP contribution in [0.3, 0.4) is 0 Å². The van der Waals surface area contributed by atoms with E-state index >= 15 is 0 Å². The molecule has 1 unspecified atom stereocenters. The number of Topliss-reactive ketones (excluding diaryl/α,β-unsaturated/α-hetero) is 1. The highest BCUT2D eigenvalue weighted by molar-refractivity contribution is 5.99. The maximum absolute atomic E-state index is 12.3. The van der Waals surface area contributed by atoms with Gasteiger partial charge in [0.25, 0.3) is 5.91 Å². The molecule has 1 heterocycles. The van der Waals surface area contributed by atoms with E-state index < -0.39 is 0 Å². The lowest BCUT2D eigenvalue weighted by Gasteiger charge is -2.24. The Kier molecular flexibility index (Phi) is 3.80. The first-order valence-electron chi connectivity index (χ1n) is 6.54. The number of amides is 1. The lowest BCUT2D eigenvalue weighted by Crippen LogP contribution is -2.30. The zero-order valence-corrected chi connectivity index (χ0v) is 11.0. The second-order valence-corrected chi connectivity index (χ2v) is 4.86. The summed E-state index contributed by atoms with van der Waals surface area (Å²) >= 11 is 0. The third-order valence-corrected chi connectivity index (χ3v) is 3.42. The fourth-order valence-electron chi connectivity index (χ4n) is 2.52. The van der Waals surface area contributed by atoms with Crippen molar-refractivity contribution in [1.82, 2.24) is 4.90 Å². The van der Waals surface area contributed by atoms with Gasteiger partial charge < -0.3 is 4.90 Å². The van der Waals surface area contributed by atoms with Crippen molar-refractivity contribution in [1.29, 1.82) is 0 Å². The molecule has 2 rings (SSSR count). The molecule has 0 aliphatic carbocycles. The van der Waals surface area contributed by atoms with Gasteiger partial charge in [0.2, 0.25) is 0 Å². The predicted octanol–water partition coefficient (Wildman–Crippen LogP) is 2.96. The second-order valence-electron chi connectivity index (χ2n) is 4.86. The van der Waals surface area contributed by atoms with Gasteiger partial charge in [0, 0.05) is 18.5 Å². The van der Waals surface area contributed by atoms with E-state index in [9.17, 15) is 9.59 Å². The molecule has 0 saturated carbocycles. The number of hydrogen-bond acceptors (Lipinski definition) is 2. The van der Waals surface area contributed by atoms with E-state index in [1.165, 1.54) is 0 Å². The van der Waals surface area contributed by atoms with Crippen molar-refractivity contribution in [2.24, 2.45) is 0 Å². The molecule has 1 aromatic rings. The molecule has 1 aliphatic rings. The fourth-order valence-corrected chi connectivity index (χ4v) is 2.52. The number of fused-ring (bicyclic) bond motifs is 1. The maximum atomic E-state index is 12.3. The van der Waals surface area contributed by atoms with E-state index in [0.29, 0.717) is 6.42 Å². The van der Waals surface area contributed by atoms with Crippen molar-refractivity contribution in [3.05, 3.63) is 35.4 Å². The van der Waals surface area contributed by atoms with Crippen molar-refractivity contribution < 1.29 is 9.59 Å². The molecule has 1 aromatic carbocycles. The Bertz CT molecular complexity index is 467. The molecule has 0 aromatic heterocycles. The van der Waals surface area contributed by atoms with Crippen LogP contribution in [0.2, 0.25) is 0 Å². The normalized spacial score (nSPS) is 18.0. The van der Waals surface area contributed by atoms with Crippen LogP contribution in [-0.2, 0) is 4.79 Å². The molecule has 0 N–H and O–H groups in total. The van der Waals surface area contributed by atoms with Gasteiger partial charge in [-0.3, -0.25) is 9.59 Å². The summed E-state index contributed by atoms with van der Waals surface area (Å²) in [6.07, 6.45) is 2.45. The predicted molar refractivity (Wildman–Crippen MR) is 70.4 cm³/mol. The third kappa shape index (κ3) is 2.30. The van der Waals surface area contributed by atoms with Gasteiger partial charge in [-0.05, 0) is 25.0 Å². The Labute approximate surface area is 108 Å². The largest absolute Gasteiger partial charge is 0.331 e. The number of nitrogens with zero attached hydrogens (tertiary/aromatic N) is 1. The van der Waals surface area contributed by atoms with Crippen molar-refractivity contribution in [2.45, 2.75) is 39.2 Å². The Hall–Kier alpha value is -1.64. The van der Waals surface area contributed by atoms with E-state index in [0.717, 1.165) is 30.5 Å². The van der Waals surface area contributed by atoms with Crippen LogP contribution in [0.15, 0.2) is 24.3 Å². The third-order valence-electron chi connectivity index (χ3n) is 3.42. The first-order valence-corrected chi connectivity index (χ1v) is 6.54. The SMILES string of the molecule is CCCCN1C(=O)c2ccccc2C1CC(C)=O. The maximum Gasteiger partial charge on any atom is 0.254 e. The Morgan fingerprint density at radius 1 is 1.33 bits per heavy atom. The van der Waals surface area contributed by atoms with E-state index in [1.54, 1.807) is 6.92 Å². The average Bonchev–Trinajstić information content (AvgIpc) is 2.61. The molecule has 0 spiro atoms. The van der Waals surface area contributed by atoms with Gasteiger partial charge in [-0.15, -0.1) is 0 Å². The Balaban J connectivity index is 2.30. The molecule has 18 heavy (non-hydrogen) atoms. The van der Waals surface area contributed by atoms with Crippen molar-refractivity contribution in [3.8, 4) is 0 Å². The highest BCUT2D eigenvalue weighted by atomic mass is 16.2. The minimum absolute atomic E-state index is 0.0576. The number of rotatable bonds is 5. The van der Waals surface area contributed by atoms with E-state index in [-0.39, 0.29) is 17.7 Å². The summed E-state index contributed by atoms with van der Waals surface area (Å²) in [5.74, 6) is 0.205. The zero-order valence-electron chi connectivity index (χ0n) is 11.0. The van der Waals surface area contributed by atoms with Crippen LogP contribution >= 0.6 is 0 Å². The average molecular weight is 245 g/mol.